The Bertz CT molecular complexity index is 569. The van der Waals surface area contributed by atoms with Crippen molar-refractivity contribution in [1.82, 2.24) is 10.0 Å². The smallest absolute Gasteiger partial charge is 0.282 e. The Morgan fingerprint density at radius 2 is 2.05 bits per heavy atom. The molecule has 2 amide bonds. The van der Waals surface area contributed by atoms with Crippen LogP contribution in [0.25, 0.3) is 11.3 Å². The number of aromatic nitrogens is 1. The number of nitrogens with one attached hydrogen (secondary N) is 1. The third-order valence-corrected chi connectivity index (χ3v) is 3.50. The summed E-state index contributed by atoms with van der Waals surface area (Å²) in [6.07, 6.45) is 0. The summed E-state index contributed by atoms with van der Waals surface area (Å²) in [5, 5.41) is 4.36. The third kappa shape index (κ3) is 3.10. The number of aryl methyl sites for hydroxylation is 1. The second-order valence-corrected chi connectivity index (χ2v) is 5.10. The van der Waals surface area contributed by atoms with Crippen molar-refractivity contribution in [1.29, 1.82) is 0 Å². The zero-order valence-electron chi connectivity index (χ0n) is 11.0. The van der Waals surface area contributed by atoms with E-state index in [0.29, 0.717) is 5.13 Å². The molecule has 0 radical (unpaired) electrons. The number of urea groups is 1. The van der Waals surface area contributed by atoms with E-state index in [2.05, 4.69) is 10.3 Å². The number of hydrogen-bond acceptors (Lipinski definition) is 4. The fourth-order valence-corrected chi connectivity index (χ4v) is 2.39. The number of carbonyl (C=O) groups is 1. The first kappa shape index (κ1) is 13.5. The molecule has 1 N–H and O–H groups in total. The Balaban J connectivity index is 2.20. The van der Waals surface area contributed by atoms with Crippen molar-refractivity contribution in [2.75, 3.05) is 19.5 Å². The molecule has 2 rings (SSSR count). The highest BCUT2D eigenvalue weighted by Gasteiger charge is 2.13. The zero-order chi connectivity index (χ0) is 13.8. The molecule has 19 heavy (non-hydrogen) atoms. The highest BCUT2D eigenvalue weighted by atomic mass is 32.1. The molecule has 100 valence electrons. The molecule has 0 spiro atoms. The summed E-state index contributed by atoms with van der Waals surface area (Å²) in [5.74, 6) is 0. The SMILES string of the molecule is CON(C)C(=O)Nc1nc(-c2ccccc2)c(C)s1. The number of thiazole rings is 1. The molecule has 0 aliphatic carbocycles. The second-order valence-electron chi connectivity index (χ2n) is 3.90. The summed E-state index contributed by atoms with van der Waals surface area (Å²) < 4.78 is 0. The molecule has 0 saturated heterocycles. The van der Waals surface area contributed by atoms with Crippen molar-refractivity contribution in [2.24, 2.45) is 0 Å². The van der Waals surface area contributed by atoms with Gasteiger partial charge in [0.2, 0.25) is 0 Å². The van der Waals surface area contributed by atoms with Crippen molar-refractivity contribution in [2.45, 2.75) is 6.92 Å². The first-order valence-corrected chi connectivity index (χ1v) is 6.55. The molecule has 6 heteroatoms. The number of carbonyl (C=O) groups excluding carboxylic acids is 1. The van der Waals surface area contributed by atoms with Crippen molar-refractivity contribution in [3.63, 3.8) is 0 Å². The van der Waals surface area contributed by atoms with Gasteiger partial charge >= 0.3 is 6.03 Å². The topological polar surface area (TPSA) is 54.5 Å². The normalized spacial score (nSPS) is 10.3. The lowest BCUT2D eigenvalue weighted by molar-refractivity contribution is -0.0598. The lowest BCUT2D eigenvalue weighted by atomic mass is 10.1. The molecule has 0 fully saturated rings. The van der Waals surface area contributed by atoms with Gasteiger partial charge in [0.05, 0.1) is 12.8 Å². The monoisotopic (exact) mass is 277 g/mol. The van der Waals surface area contributed by atoms with Crippen LogP contribution in [0.1, 0.15) is 4.88 Å². The Labute approximate surface area is 115 Å². The standard InChI is InChI=1S/C13H15N3O2S/c1-9-11(10-7-5-4-6-8-10)14-12(19-9)15-13(17)16(2)18-3/h4-8H,1-3H3,(H,14,15,17). The van der Waals surface area contributed by atoms with E-state index in [1.807, 2.05) is 37.3 Å². The molecular weight excluding hydrogens is 262 g/mol. The van der Waals surface area contributed by atoms with Crippen LogP contribution in [0.4, 0.5) is 9.93 Å². The fraction of sp³-hybridized carbons (Fsp3) is 0.231. The summed E-state index contributed by atoms with van der Waals surface area (Å²) >= 11 is 1.44. The average molecular weight is 277 g/mol. The minimum absolute atomic E-state index is 0.351. The lowest BCUT2D eigenvalue weighted by Gasteiger charge is -2.12. The lowest BCUT2D eigenvalue weighted by Crippen LogP contribution is -2.30. The number of benzene rings is 1. The van der Waals surface area contributed by atoms with E-state index in [1.165, 1.54) is 25.5 Å². The highest BCUT2D eigenvalue weighted by Crippen LogP contribution is 2.30. The molecule has 2 aromatic rings. The second kappa shape index (κ2) is 5.81. The van der Waals surface area contributed by atoms with Crippen molar-refractivity contribution < 1.29 is 9.63 Å². The minimum Gasteiger partial charge on any atom is -0.282 e. The van der Waals surface area contributed by atoms with Crippen LogP contribution in [0, 0.1) is 6.92 Å². The van der Waals surface area contributed by atoms with E-state index in [1.54, 1.807) is 0 Å². The molecule has 1 aromatic carbocycles. The fourth-order valence-electron chi connectivity index (χ4n) is 1.57. The van der Waals surface area contributed by atoms with Crippen LogP contribution in [0.5, 0.6) is 0 Å². The van der Waals surface area contributed by atoms with E-state index >= 15 is 0 Å². The third-order valence-electron chi connectivity index (χ3n) is 2.62. The van der Waals surface area contributed by atoms with Gasteiger partial charge in [-0.25, -0.2) is 14.8 Å². The molecule has 0 bridgehead atoms. The van der Waals surface area contributed by atoms with E-state index < -0.39 is 0 Å². The van der Waals surface area contributed by atoms with E-state index in [0.717, 1.165) is 21.2 Å². The molecule has 1 aromatic heterocycles. The van der Waals surface area contributed by atoms with Crippen LogP contribution in [0.15, 0.2) is 30.3 Å². The van der Waals surface area contributed by atoms with Gasteiger partial charge in [0, 0.05) is 17.5 Å². The van der Waals surface area contributed by atoms with Gasteiger partial charge in [-0.3, -0.25) is 10.2 Å². The number of rotatable bonds is 3. The summed E-state index contributed by atoms with van der Waals surface area (Å²) in [6.45, 7) is 1.98. The molecule has 0 aliphatic rings. The van der Waals surface area contributed by atoms with Gasteiger partial charge in [-0.15, -0.1) is 11.3 Å². The Morgan fingerprint density at radius 3 is 2.68 bits per heavy atom. The molecule has 1 heterocycles. The predicted molar refractivity (Wildman–Crippen MR) is 76.1 cm³/mol. The van der Waals surface area contributed by atoms with Gasteiger partial charge in [-0.05, 0) is 6.92 Å². The molecule has 5 nitrogen and oxygen atoms in total. The first-order valence-electron chi connectivity index (χ1n) is 5.73. The average Bonchev–Trinajstić information content (AvgIpc) is 2.79. The zero-order valence-corrected chi connectivity index (χ0v) is 11.8. The summed E-state index contributed by atoms with van der Waals surface area (Å²) in [4.78, 5) is 22.0. The first-order chi connectivity index (χ1) is 9.11. The Hall–Kier alpha value is -1.92. The van der Waals surface area contributed by atoms with Crippen molar-refractivity contribution in [3.05, 3.63) is 35.2 Å². The highest BCUT2D eigenvalue weighted by molar-refractivity contribution is 7.16. The predicted octanol–water partition coefficient (Wildman–Crippen LogP) is 3.14. The Morgan fingerprint density at radius 1 is 1.37 bits per heavy atom. The number of hydroxylamine groups is 2. The van der Waals surface area contributed by atoms with Gasteiger partial charge < -0.3 is 0 Å². The van der Waals surface area contributed by atoms with E-state index in [4.69, 9.17) is 4.84 Å². The molecule has 0 aliphatic heterocycles. The summed E-state index contributed by atoms with van der Waals surface area (Å²) in [6, 6.07) is 9.53. The van der Waals surface area contributed by atoms with Crippen LogP contribution in [0.3, 0.4) is 0 Å². The van der Waals surface area contributed by atoms with Crippen molar-refractivity contribution >= 4 is 22.5 Å². The van der Waals surface area contributed by atoms with Crippen LogP contribution >= 0.6 is 11.3 Å². The number of anilines is 1. The summed E-state index contributed by atoms with van der Waals surface area (Å²) in [5.41, 5.74) is 1.93. The Kier molecular flexibility index (Phi) is 4.13. The van der Waals surface area contributed by atoms with Crippen LogP contribution in [-0.4, -0.2) is 30.2 Å². The summed E-state index contributed by atoms with van der Waals surface area (Å²) in [7, 11) is 2.97. The molecule has 0 unspecified atom stereocenters. The molecule has 0 atom stereocenters. The maximum absolute atomic E-state index is 11.7. The van der Waals surface area contributed by atoms with Crippen LogP contribution < -0.4 is 5.32 Å². The number of amides is 2. The van der Waals surface area contributed by atoms with Crippen molar-refractivity contribution in [3.8, 4) is 11.3 Å². The molecule has 0 saturated carbocycles. The van der Waals surface area contributed by atoms with Gasteiger partial charge in [-0.1, -0.05) is 30.3 Å². The van der Waals surface area contributed by atoms with Crippen LogP contribution in [-0.2, 0) is 4.84 Å². The van der Waals surface area contributed by atoms with Gasteiger partial charge in [0.15, 0.2) is 5.13 Å². The van der Waals surface area contributed by atoms with E-state index in [9.17, 15) is 4.79 Å². The maximum Gasteiger partial charge on any atom is 0.347 e. The largest absolute Gasteiger partial charge is 0.347 e. The molecular formula is C13H15N3O2S. The quantitative estimate of drug-likeness (QED) is 0.877. The minimum atomic E-state index is -0.351. The van der Waals surface area contributed by atoms with Gasteiger partial charge in [-0.2, -0.15) is 0 Å². The van der Waals surface area contributed by atoms with Gasteiger partial charge in [0.25, 0.3) is 0 Å². The van der Waals surface area contributed by atoms with E-state index in [-0.39, 0.29) is 6.03 Å². The van der Waals surface area contributed by atoms with Crippen LogP contribution in [0.2, 0.25) is 0 Å². The maximum atomic E-state index is 11.7. The number of nitrogens with zero attached hydrogens (tertiary/aromatic N) is 2. The van der Waals surface area contributed by atoms with Gasteiger partial charge in [0.1, 0.15) is 0 Å². The number of hydrogen-bond donors (Lipinski definition) is 1.